The summed E-state index contributed by atoms with van der Waals surface area (Å²) >= 11 is 0. The maximum absolute atomic E-state index is 6.03. The van der Waals surface area contributed by atoms with E-state index in [2.05, 4.69) is 30.6 Å². The number of allylic oxidation sites excluding steroid dienone is 1. The van der Waals surface area contributed by atoms with Crippen LogP contribution in [0.15, 0.2) is 40.0 Å². The predicted molar refractivity (Wildman–Crippen MR) is 86.2 cm³/mol. The van der Waals surface area contributed by atoms with Gasteiger partial charge in [0.15, 0.2) is 0 Å². The van der Waals surface area contributed by atoms with Gasteiger partial charge in [-0.2, -0.15) is 0 Å². The number of aliphatic imine (C=N–C) groups is 1. The van der Waals surface area contributed by atoms with E-state index < -0.39 is 0 Å². The smallest absolute Gasteiger partial charge is 0.246 e. The second-order valence-electron chi connectivity index (χ2n) is 6.07. The Hall–Kier alpha value is -2.57. The van der Waals surface area contributed by atoms with Gasteiger partial charge in [0, 0.05) is 24.1 Å². The first-order chi connectivity index (χ1) is 11.2. The van der Waals surface area contributed by atoms with Crippen LogP contribution in [0.5, 0.6) is 0 Å². The molecular weight excluding hydrogens is 292 g/mol. The van der Waals surface area contributed by atoms with Crippen molar-refractivity contribution >= 4 is 11.5 Å². The number of aromatic nitrogens is 3. The van der Waals surface area contributed by atoms with E-state index in [1.54, 1.807) is 12.5 Å². The van der Waals surface area contributed by atoms with Gasteiger partial charge in [0.2, 0.25) is 5.89 Å². The summed E-state index contributed by atoms with van der Waals surface area (Å²) in [6.07, 6.45) is 10.9. The number of oxazole rings is 1. The molecule has 23 heavy (non-hydrogen) atoms. The Morgan fingerprint density at radius 1 is 1.30 bits per heavy atom. The summed E-state index contributed by atoms with van der Waals surface area (Å²) in [4.78, 5) is 15.3. The molecule has 1 aliphatic heterocycles. The van der Waals surface area contributed by atoms with Crippen LogP contribution in [-0.4, -0.2) is 31.8 Å². The van der Waals surface area contributed by atoms with Gasteiger partial charge < -0.3 is 19.6 Å². The lowest BCUT2D eigenvalue weighted by molar-refractivity contribution is 0.287. The molecule has 0 atom stereocenters. The van der Waals surface area contributed by atoms with Crippen LogP contribution >= 0.6 is 0 Å². The van der Waals surface area contributed by atoms with Gasteiger partial charge in [0.1, 0.15) is 23.6 Å². The number of rotatable bonds is 4. The molecule has 4 rings (SSSR count). The van der Waals surface area contributed by atoms with Crippen LogP contribution in [0.3, 0.4) is 0 Å². The average Bonchev–Trinajstić information content (AvgIpc) is 3.13. The minimum atomic E-state index is 0.498. The molecule has 2 N–H and O–H groups in total. The minimum absolute atomic E-state index is 0.498. The molecule has 0 radical (unpaired) electrons. The topological polar surface area (TPSA) is 85.5 Å². The first-order valence-electron chi connectivity index (χ1n) is 7.93. The molecule has 0 aromatic carbocycles. The number of amidine groups is 1. The summed E-state index contributed by atoms with van der Waals surface area (Å²) in [5.74, 6) is 2.12. The Labute approximate surface area is 134 Å². The molecule has 0 saturated heterocycles. The van der Waals surface area contributed by atoms with Crippen molar-refractivity contribution in [2.45, 2.75) is 38.8 Å². The van der Waals surface area contributed by atoms with Gasteiger partial charge in [0.05, 0.1) is 19.3 Å². The SMILES string of the molecule is CC1=C(c2ncco2)N=C(N)CN1Cc1nccn1C1CCC1. The maximum Gasteiger partial charge on any atom is 0.246 e. The lowest BCUT2D eigenvalue weighted by Crippen LogP contribution is -2.37. The Morgan fingerprint density at radius 2 is 2.17 bits per heavy atom. The van der Waals surface area contributed by atoms with E-state index in [-0.39, 0.29) is 0 Å². The van der Waals surface area contributed by atoms with E-state index in [9.17, 15) is 0 Å². The summed E-state index contributed by atoms with van der Waals surface area (Å²) < 4.78 is 7.68. The molecule has 2 aromatic rings. The van der Waals surface area contributed by atoms with Crippen molar-refractivity contribution < 1.29 is 4.42 Å². The van der Waals surface area contributed by atoms with E-state index in [0.29, 0.717) is 36.6 Å². The number of hydrogen-bond acceptors (Lipinski definition) is 6. The highest BCUT2D eigenvalue weighted by Crippen LogP contribution is 2.33. The maximum atomic E-state index is 6.03. The fraction of sp³-hybridized carbons (Fsp3) is 0.438. The molecule has 2 aliphatic rings. The first-order valence-corrected chi connectivity index (χ1v) is 7.93. The summed E-state index contributed by atoms with van der Waals surface area (Å²) in [6.45, 7) is 3.31. The molecule has 1 fully saturated rings. The Morgan fingerprint density at radius 3 is 2.87 bits per heavy atom. The first kappa shape index (κ1) is 14.0. The van der Waals surface area contributed by atoms with Gasteiger partial charge in [-0.3, -0.25) is 0 Å². The van der Waals surface area contributed by atoms with E-state index >= 15 is 0 Å². The molecular formula is C16H20N6O. The predicted octanol–water partition coefficient (Wildman–Crippen LogP) is 2.16. The van der Waals surface area contributed by atoms with Gasteiger partial charge >= 0.3 is 0 Å². The molecule has 7 nitrogen and oxygen atoms in total. The quantitative estimate of drug-likeness (QED) is 0.935. The van der Waals surface area contributed by atoms with Crippen molar-refractivity contribution in [1.29, 1.82) is 0 Å². The molecule has 0 bridgehead atoms. The highest BCUT2D eigenvalue weighted by Gasteiger charge is 2.25. The third-order valence-corrected chi connectivity index (χ3v) is 4.61. The standard InChI is InChI=1S/C16H20N6O/c1-11-15(16-19-6-8-23-16)20-13(17)9-21(11)10-14-18-5-7-22(14)12-3-2-4-12/h5-8,12H,2-4,9-10H2,1H3,(H2,17,20). The monoisotopic (exact) mass is 312 g/mol. The highest BCUT2D eigenvalue weighted by atomic mass is 16.3. The second-order valence-corrected chi connectivity index (χ2v) is 6.07. The molecule has 2 aromatic heterocycles. The summed E-state index contributed by atoms with van der Waals surface area (Å²) in [5, 5.41) is 0. The fourth-order valence-electron chi connectivity index (χ4n) is 3.08. The largest absolute Gasteiger partial charge is 0.443 e. The lowest BCUT2D eigenvalue weighted by atomic mass is 9.93. The molecule has 0 amide bonds. The van der Waals surface area contributed by atoms with E-state index in [1.807, 2.05) is 13.1 Å². The molecule has 7 heteroatoms. The number of nitrogens with zero attached hydrogens (tertiary/aromatic N) is 5. The second kappa shape index (κ2) is 5.57. The molecule has 0 unspecified atom stereocenters. The van der Waals surface area contributed by atoms with Crippen molar-refractivity contribution in [3.8, 4) is 0 Å². The average molecular weight is 312 g/mol. The van der Waals surface area contributed by atoms with Crippen molar-refractivity contribution in [3.63, 3.8) is 0 Å². The van der Waals surface area contributed by atoms with Crippen LogP contribution < -0.4 is 5.73 Å². The third kappa shape index (κ3) is 2.52. The van der Waals surface area contributed by atoms with Crippen molar-refractivity contribution in [2.24, 2.45) is 10.7 Å². The van der Waals surface area contributed by atoms with Crippen LogP contribution in [0.4, 0.5) is 0 Å². The molecule has 0 spiro atoms. The van der Waals surface area contributed by atoms with E-state index in [0.717, 1.165) is 11.5 Å². The highest BCUT2D eigenvalue weighted by molar-refractivity contribution is 5.90. The van der Waals surface area contributed by atoms with Crippen LogP contribution in [-0.2, 0) is 6.54 Å². The summed E-state index contributed by atoms with van der Waals surface area (Å²) in [5.41, 5.74) is 7.72. The van der Waals surface area contributed by atoms with Gasteiger partial charge in [-0.1, -0.05) is 0 Å². The van der Waals surface area contributed by atoms with Gasteiger partial charge in [0.25, 0.3) is 0 Å². The zero-order valence-electron chi connectivity index (χ0n) is 13.1. The molecule has 1 aliphatic carbocycles. The van der Waals surface area contributed by atoms with Crippen LogP contribution in [0, 0.1) is 0 Å². The molecule has 1 saturated carbocycles. The Kier molecular flexibility index (Phi) is 3.40. The normalized spacial score (nSPS) is 19.0. The third-order valence-electron chi connectivity index (χ3n) is 4.61. The van der Waals surface area contributed by atoms with Crippen LogP contribution in [0.25, 0.3) is 5.70 Å². The Bertz CT molecular complexity index is 753. The lowest BCUT2D eigenvalue weighted by Gasteiger charge is -2.32. The van der Waals surface area contributed by atoms with Gasteiger partial charge in [-0.05, 0) is 26.2 Å². The molecule has 3 heterocycles. The fourth-order valence-corrected chi connectivity index (χ4v) is 3.08. The van der Waals surface area contributed by atoms with Crippen molar-refractivity contribution in [1.82, 2.24) is 19.4 Å². The van der Waals surface area contributed by atoms with Crippen molar-refractivity contribution in [3.05, 3.63) is 42.3 Å². The van der Waals surface area contributed by atoms with E-state index in [1.165, 1.54) is 19.3 Å². The summed E-state index contributed by atoms with van der Waals surface area (Å²) in [7, 11) is 0. The number of imidazole rings is 1. The van der Waals surface area contributed by atoms with Crippen LogP contribution in [0.2, 0.25) is 0 Å². The van der Waals surface area contributed by atoms with Gasteiger partial charge in [-0.15, -0.1) is 0 Å². The minimum Gasteiger partial charge on any atom is -0.443 e. The van der Waals surface area contributed by atoms with Gasteiger partial charge in [-0.25, -0.2) is 15.0 Å². The summed E-state index contributed by atoms with van der Waals surface area (Å²) in [6, 6.07) is 0.596. The Balaban J connectivity index is 1.62. The van der Waals surface area contributed by atoms with Crippen LogP contribution in [0.1, 0.15) is 43.9 Å². The number of hydrogen-bond donors (Lipinski definition) is 1. The molecule has 120 valence electrons. The zero-order valence-corrected chi connectivity index (χ0v) is 13.1. The number of nitrogens with two attached hydrogens (primary N) is 1. The van der Waals surface area contributed by atoms with E-state index in [4.69, 9.17) is 10.2 Å². The van der Waals surface area contributed by atoms with Crippen molar-refractivity contribution in [2.75, 3.05) is 6.54 Å². The zero-order chi connectivity index (χ0) is 15.8.